The van der Waals surface area contributed by atoms with Gasteiger partial charge in [-0.3, -0.25) is 0 Å². The van der Waals surface area contributed by atoms with Gasteiger partial charge in [-0.25, -0.2) is 9.97 Å². The Morgan fingerprint density at radius 1 is 1.35 bits per heavy atom. The fraction of sp³-hybridized carbons (Fsp3) is 0.500. The molecule has 4 N–H and O–H groups in total. The summed E-state index contributed by atoms with van der Waals surface area (Å²) in [5.74, 6) is 0.176. The quantitative estimate of drug-likeness (QED) is 0.640. The summed E-state index contributed by atoms with van der Waals surface area (Å²) in [7, 11) is 0. The normalized spacial score (nSPS) is 13.1. The number of nitrogens with two attached hydrogens (primary N) is 1. The minimum Gasteiger partial charge on any atom is -0.396 e. The van der Waals surface area contributed by atoms with Crippen molar-refractivity contribution >= 4 is 17.1 Å². The SMILES string of the molecule is Nc1ncc2ncn(C[C@@H](CO)CCO)c2n1. The van der Waals surface area contributed by atoms with Crippen molar-refractivity contribution in [1.29, 1.82) is 0 Å². The van der Waals surface area contributed by atoms with Crippen LogP contribution in [-0.2, 0) is 6.54 Å². The third kappa shape index (κ3) is 2.51. The number of fused-ring (bicyclic) bond motifs is 1. The molecular formula is C10H15N5O2. The van der Waals surface area contributed by atoms with Crippen molar-refractivity contribution in [2.45, 2.75) is 13.0 Å². The first-order valence-electron chi connectivity index (χ1n) is 5.39. The minimum absolute atomic E-state index is 0.0147. The molecule has 0 radical (unpaired) electrons. The first-order valence-corrected chi connectivity index (χ1v) is 5.39. The van der Waals surface area contributed by atoms with Crippen LogP contribution in [0, 0.1) is 5.92 Å². The van der Waals surface area contributed by atoms with Gasteiger partial charge in [0.1, 0.15) is 5.52 Å². The van der Waals surface area contributed by atoms with E-state index in [0.29, 0.717) is 24.1 Å². The summed E-state index contributed by atoms with van der Waals surface area (Å²) >= 11 is 0. The average Bonchev–Trinajstić information content (AvgIpc) is 2.71. The summed E-state index contributed by atoms with van der Waals surface area (Å²) in [4.78, 5) is 12.1. The Morgan fingerprint density at radius 2 is 2.18 bits per heavy atom. The van der Waals surface area contributed by atoms with Crippen LogP contribution in [-0.4, -0.2) is 42.9 Å². The zero-order chi connectivity index (χ0) is 12.3. The van der Waals surface area contributed by atoms with Crippen molar-refractivity contribution in [2.24, 2.45) is 5.92 Å². The van der Waals surface area contributed by atoms with Crippen LogP contribution in [0.5, 0.6) is 0 Å². The van der Waals surface area contributed by atoms with Gasteiger partial charge in [-0.1, -0.05) is 0 Å². The molecule has 0 unspecified atom stereocenters. The second-order valence-corrected chi connectivity index (χ2v) is 3.89. The molecule has 0 fully saturated rings. The monoisotopic (exact) mass is 237 g/mol. The van der Waals surface area contributed by atoms with E-state index in [1.807, 2.05) is 4.57 Å². The summed E-state index contributed by atoms with van der Waals surface area (Å²) in [6, 6.07) is 0. The van der Waals surface area contributed by atoms with E-state index in [-0.39, 0.29) is 25.1 Å². The first kappa shape index (κ1) is 11.7. The van der Waals surface area contributed by atoms with Gasteiger partial charge < -0.3 is 20.5 Å². The van der Waals surface area contributed by atoms with E-state index < -0.39 is 0 Å². The molecule has 0 aliphatic carbocycles. The molecule has 2 aromatic rings. The molecule has 0 bridgehead atoms. The average molecular weight is 237 g/mol. The Balaban J connectivity index is 2.26. The molecule has 0 spiro atoms. The van der Waals surface area contributed by atoms with Gasteiger partial charge in [0.15, 0.2) is 5.65 Å². The number of aliphatic hydroxyl groups excluding tert-OH is 2. The molecule has 0 aromatic carbocycles. The van der Waals surface area contributed by atoms with Crippen LogP contribution >= 0.6 is 0 Å². The maximum atomic E-state index is 9.18. The minimum atomic E-state index is -0.0198. The van der Waals surface area contributed by atoms with E-state index in [0.717, 1.165) is 0 Å². The highest BCUT2D eigenvalue weighted by atomic mass is 16.3. The van der Waals surface area contributed by atoms with Crippen LogP contribution < -0.4 is 5.73 Å². The molecule has 92 valence electrons. The molecule has 0 saturated heterocycles. The molecule has 0 amide bonds. The smallest absolute Gasteiger partial charge is 0.222 e. The summed E-state index contributed by atoms with van der Waals surface area (Å²) in [5.41, 5.74) is 6.83. The number of aromatic nitrogens is 4. The first-order chi connectivity index (χ1) is 8.24. The van der Waals surface area contributed by atoms with Gasteiger partial charge in [0.2, 0.25) is 5.95 Å². The number of aliphatic hydroxyl groups is 2. The fourth-order valence-corrected chi connectivity index (χ4v) is 1.70. The lowest BCUT2D eigenvalue weighted by molar-refractivity contribution is 0.171. The van der Waals surface area contributed by atoms with Gasteiger partial charge in [0, 0.05) is 25.7 Å². The van der Waals surface area contributed by atoms with Crippen LogP contribution in [0.3, 0.4) is 0 Å². The second-order valence-electron chi connectivity index (χ2n) is 3.89. The second kappa shape index (κ2) is 5.07. The van der Waals surface area contributed by atoms with Crippen molar-refractivity contribution in [3.63, 3.8) is 0 Å². The Morgan fingerprint density at radius 3 is 2.88 bits per heavy atom. The van der Waals surface area contributed by atoms with Crippen LogP contribution in [0.15, 0.2) is 12.5 Å². The predicted molar refractivity (Wildman–Crippen MR) is 62.0 cm³/mol. The topological polar surface area (TPSA) is 110 Å². The van der Waals surface area contributed by atoms with Gasteiger partial charge in [-0.05, 0) is 6.42 Å². The van der Waals surface area contributed by atoms with E-state index in [4.69, 9.17) is 10.8 Å². The van der Waals surface area contributed by atoms with Crippen molar-refractivity contribution in [3.05, 3.63) is 12.5 Å². The maximum absolute atomic E-state index is 9.18. The largest absolute Gasteiger partial charge is 0.396 e. The Hall–Kier alpha value is -1.73. The lowest BCUT2D eigenvalue weighted by Gasteiger charge is -2.13. The highest BCUT2D eigenvalue weighted by molar-refractivity contribution is 5.70. The Bertz CT molecular complexity index is 498. The molecule has 0 aliphatic heterocycles. The van der Waals surface area contributed by atoms with Crippen LogP contribution in [0.4, 0.5) is 5.95 Å². The van der Waals surface area contributed by atoms with Crippen LogP contribution in [0.2, 0.25) is 0 Å². The number of rotatable bonds is 5. The lowest BCUT2D eigenvalue weighted by atomic mass is 10.1. The molecule has 2 aromatic heterocycles. The molecule has 2 heterocycles. The van der Waals surface area contributed by atoms with Crippen molar-refractivity contribution < 1.29 is 10.2 Å². The number of nitrogen functional groups attached to an aromatic ring is 1. The van der Waals surface area contributed by atoms with Crippen molar-refractivity contribution in [3.8, 4) is 0 Å². The molecule has 17 heavy (non-hydrogen) atoms. The van der Waals surface area contributed by atoms with Gasteiger partial charge in [0.25, 0.3) is 0 Å². The van der Waals surface area contributed by atoms with E-state index in [1.54, 1.807) is 12.5 Å². The summed E-state index contributed by atoms with van der Waals surface area (Å²) in [5, 5.41) is 18.1. The Labute approximate surface area is 97.9 Å². The number of anilines is 1. The fourth-order valence-electron chi connectivity index (χ4n) is 1.70. The van der Waals surface area contributed by atoms with E-state index in [2.05, 4.69) is 15.0 Å². The third-order valence-electron chi connectivity index (χ3n) is 2.63. The highest BCUT2D eigenvalue weighted by Gasteiger charge is 2.11. The van der Waals surface area contributed by atoms with Gasteiger partial charge in [-0.2, -0.15) is 4.98 Å². The highest BCUT2D eigenvalue weighted by Crippen LogP contribution is 2.13. The molecule has 0 saturated carbocycles. The van der Waals surface area contributed by atoms with Crippen LogP contribution in [0.1, 0.15) is 6.42 Å². The number of imidazole rings is 1. The van der Waals surface area contributed by atoms with E-state index >= 15 is 0 Å². The Kier molecular flexibility index (Phi) is 3.50. The molecule has 1 atom stereocenters. The zero-order valence-electron chi connectivity index (χ0n) is 9.32. The maximum Gasteiger partial charge on any atom is 0.222 e. The predicted octanol–water partition coefficient (Wildman–Crippen LogP) is -0.601. The molecule has 7 nitrogen and oxygen atoms in total. The van der Waals surface area contributed by atoms with Gasteiger partial charge in [-0.15, -0.1) is 0 Å². The summed E-state index contributed by atoms with van der Waals surface area (Å²) in [6.45, 7) is 0.611. The zero-order valence-corrected chi connectivity index (χ0v) is 9.32. The van der Waals surface area contributed by atoms with Crippen molar-refractivity contribution in [1.82, 2.24) is 19.5 Å². The van der Waals surface area contributed by atoms with Crippen molar-refractivity contribution in [2.75, 3.05) is 18.9 Å². The molecule has 7 heteroatoms. The lowest BCUT2D eigenvalue weighted by Crippen LogP contribution is -2.16. The summed E-state index contributed by atoms with van der Waals surface area (Å²) < 4.78 is 1.81. The number of hydrogen-bond donors (Lipinski definition) is 3. The number of nitrogens with zero attached hydrogens (tertiary/aromatic N) is 4. The van der Waals surface area contributed by atoms with E-state index in [9.17, 15) is 5.11 Å². The summed E-state index contributed by atoms with van der Waals surface area (Å²) in [6.07, 6.45) is 3.74. The van der Waals surface area contributed by atoms with Crippen LogP contribution in [0.25, 0.3) is 11.2 Å². The molecule has 2 rings (SSSR count). The molecule has 0 aliphatic rings. The molecular weight excluding hydrogens is 222 g/mol. The van der Waals surface area contributed by atoms with Gasteiger partial charge in [0.05, 0.1) is 12.5 Å². The number of hydrogen-bond acceptors (Lipinski definition) is 6. The third-order valence-corrected chi connectivity index (χ3v) is 2.63. The van der Waals surface area contributed by atoms with E-state index in [1.165, 1.54) is 0 Å². The van der Waals surface area contributed by atoms with Gasteiger partial charge >= 0.3 is 0 Å². The standard InChI is InChI=1S/C10H15N5O2/c11-10-12-3-8-9(14-10)15(6-13-8)4-7(5-17)1-2-16/h3,6-7,16-17H,1-2,4-5H2,(H2,11,12,14)/t7-/m0/s1.